The zero-order valence-electron chi connectivity index (χ0n) is 10.5. The molecule has 4 heteroatoms. The van der Waals surface area contributed by atoms with Crippen molar-refractivity contribution in [3.8, 4) is 0 Å². The Balaban J connectivity index is 2.02. The summed E-state index contributed by atoms with van der Waals surface area (Å²) < 4.78 is 0. The molecule has 0 aliphatic carbocycles. The van der Waals surface area contributed by atoms with E-state index < -0.39 is 0 Å². The smallest absolute Gasteiger partial charge is 0.0426 e. The van der Waals surface area contributed by atoms with Gasteiger partial charge < -0.3 is 4.90 Å². The highest BCUT2D eigenvalue weighted by atomic mass is 35.5. The third-order valence-electron chi connectivity index (χ3n) is 3.17. The van der Waals surface area contributed by atoms with Crippen molar-refractivity contribution in [2.75, 3.05) is 37.6 Å². The van der Waals surface area contributed by atoms with Gasteiger partial charge in [-0.05, 0) is 24.6 Å². The Morgan fingerprint density at radius 1 is 1.24 bits per heavy atom. The fourth-order valence-electron chi connectivity index (χ4n) is 2.25. The number of rotatable bonds is 3. The summed E-state index contributed by atoms with van der Waals surface area (Å²) in [5.41, 5.74) is 5.93. The van der Waals surface area contributed by atoms with E-state index in [-0.39, 0.29) is 0 Å². The molecule has 94 valence electrons. The van der Waals surface area contributed by atoms with Crippen LogP contribution in [0.5, 0.6) is 0 Å². The summed E-state index contributed by atoms with van der Waals surface area (Å²) in [4.78, 5) is 2.41. The lowest BCUT2D eigenvalue weighted by atomic mass is 10.1. The van der Waals surface area contributed by atoms with Gasteiger partial charge in [0.1, 0.15) is 0 Å². The molecule has 0 spiro atoms. The van der Waals surface area contributed by atoms with Crippen molar-refractivity contribution in [3.05, 3.63) is 28.8 Å². The van der Waals surface area contributed by atoms with E-state index in [0.29, 0.717) is 0 Å². The van der Waals surface area contributed by atoms with E-state index in [0.717, 1.165) is 37.7 Å². The van der Waals surface area contributed by atoms with Gasteiger partial charge in [-0.15, -0.1) is 0 Å². The van der Waals surface area contributed by atoms with Crippen molar-refractivity contribution >= 4 is 17.3 Å². The van der Waals surface area contributed by atoms with Crippen LogP contribution in [-0.4, -0.2) is 37.7 Å². The number of nitrogens with zero attached hydrogens (tertiary/aromatic N) is 2. The van der Waals surface area contributed by atoms with E-state index in [9.17, 15) is 0 Å². The molecule has 0 bridgehead atoms. The zero-order chi connectivity index (χ0) is 12.3. The van der Waals surface area contributed by atoms with Crippen LogP contribution in [0.2, 0.25) is 5.02 Å². The van der Waals surface area contributed by atoms with Gasteiger partial charge in [0.2, 0.25) is 0 Å². The molecular formula is C13H20ClN3. The molecule has 1 heterocycles. The summed E-state index contributed by atoms with van der Waals surface area (Å²) in [6.45, 7) is 9.48. The van der Waals surface area contributed by atoms with Gasteiger partial charge in [-0.2, -0.15) is 0 Å². The normalized spacial score (nSPS) is 17.5. The molecule has 1 aliphatic heterocycles. The van der Waals surface area contributed by atoms with Crippen molar-refractivity contribution in [1.29, 1.82) is 0 Å². The minimum atomic E-state index is 0.819. The van der Waals surface area contributed by atoms with Gasteiger partial charge >= 0.3 is 0 Å². The molecule has 1 N–H and O–H groups in total. The van der Waals surface area contributed by atoms with Crippen LogP contribution in [0, 0.1) is 6.92 Å². The first-order chi connectivity index (χ1) is 8.20. The Morgan fingerprint density at radius 3 is 2.59 bits per heavy atom. The van der Waals surface area contributed by atoms with Crippen LogP contribution in [0.15, 0.2) is 18.2 Å². The molecule has 3 nitrogen and oxygen atoms in total. The Hall–Kier alpha value is -0.770. The van der Waals surface area contributed by atoms with Crippen molar-refractivity contribution in [2.24, 2.45) is 0 Å². The van der Waals surface area contributed by atoms with E-state index in [1.807, 2.05) is 6.07 Å². The molecule has 1 fully saturated rings. The van der Waals surface area contributed by atoms with Gasteiger partial charge in [-0.25, -0.2) is 5.01 Å². The molecule has 0 atom stereocenters. The van der Waals surface area contributed by atoms with Gasteiger partial charge in [-0.1, -0.05) is 24.6 Å². The lowest BCUT2D eigenvalue weighted by molar-refractivity contribution is 0.181. The number of nitrogens with one attached hydrogen (secondary N) is 1. The van der Waals surface area contributed by atoms with Crippen LogP contribution < -0.4 is 10.3 Å². The monoisotopic (exact) mass is 253 g/mol. The molecule has 1 aromatic rings. The number of benzene rings is 1. The molecule has 0 aromatic heterocycles. The van der Waals surface area contributed by atoms with Crippen molar-refractivity contribution in [2.45, 2.75) is 13.8 Å². The van der Waals surface area contributed by atoms with E-state index in [1.54, 1.807) is 0 Å². The van der Waals surface area contributed by atoms with Gasteiger partial charge in [0.05, 0.1) is 0 Å². The number of hydrogen-bond acceptors (Lipinski definition) is 3. The number of piperazine rings is 1. The van der Waals surface area contributed by atoms with Crippen LogP contribution in [0.3, 0.4) is 0 Å². The van der Waals surface area contributed by atoms with Crippen LogP contribution in [0.4, 0.5) is 5.69 Å². The molecule has 2 rings (SSSR count). The Labute approximate surface area is 108 Å². The minimum absolute atomic E-state index is 0.819. The van der Waals surface area contributed by atoms with Crippen molar-refractivity contribution < 1.29 is 0 Å². The molecule has 0 unspecified atom stereocenters. The van der Waals surface area contributed by atoms with Crippen LogP contribution >= 0.6 is 11.6 Å². The van der Waals surface area contributed by atoms with Crippen molar-refractivity contribution in [3.63, 3.8) is 0 Å². The van der Waals surface area contributed by atoms with E-state index in [4.69, 9.17) is 11.6 Å². The maximum Gasteiger partial charge on any atom is 0.0426 e. The molecule has 1 aromatic carbocycles. The SMILES string of the molecule is CCNN1CCN(c2cc(Cl)ccc2C)CC1. The molecule has 0 radical (unpaired) electrons. The van der Waals surface area contributed by atoms with Gasteiger partial charge in [0.25, 0.3) is 0 Å². The largest absolute Gasteiger partial charge is 0.369 e. The molecule has 17 heavy (non-hydrogen) atoms. The second-order valence-electron chi connectivity index (χ2n) is 4.42. The van der Waals surface area contributed by atoms with Gasteiger partial charge in [0.15, 0.2) is 0 Å². The lowest BCUT2D eigenvalue weighted by Crippen LogP contribution is -2.52. The first-order valence-corrected chi connectivity index (χ1v) is 6.58. The summed E-state index contributed by atoms with van der Waals surface area (Å²) in [6.07, 6.45) is 0. The number of hydrazine groups is 1. The molecule has 0 saturated carbocycles. The van der Waals surface area contributed by atoms with Crippen LogP contribution in [-0.2, 0) is 0 Å². The third-order valence-corrected chi connectivity index (χ3v) is 3.41. The Bertz CT molecular complexity index is 373. The average Bonchev–Trinajstić information content (AvgIpc) is 2.34. The quantitative estimate of drug-likeness (QED) is 0.892. The predicted molar refractivity (Wildman–Crippen MR) is 73.7 cm³/mol. The molecule has 1 saturated heterocycles. The number of halogens is 1. The Morgan fingerprint density at radius 2 is 1.94 bits per heavy atom. The summed E-state index contributed by atoms with van der Waals surface area (Å²) in [6, 6.07) is 6.11. The third kappa shape index (κ3) is 3.12. The second kappa shape index (κ2) is 5.71. The van der Waals surface area contributed by atoms with E-state index in [1.165, 1.54) is 11.3 Å². The van der Waals surface area contributed by atoms with Crippen molar-refractivity contribution in [1.82, 2.24) is 10.4 Å². The zero-order valence-corrected chi connectivity index (χ0v) is 11.3. The topological polar surface area (TPSA) is 18.5 Å². The fraction of sp³-hybridized carbons (Fsp3) is 0.538. The van der Waals surface area contributed by atoms with E-state index in [2.05, 4.69) is 41.3 Å². The number of hydrogen-bond donors (Lipinski definition) is 1. The minimum Gasteiger partial charge on any atom is -0.369 e. The molecule has 1 aliphatic rings. The molecular weight excluding hydrogens is 234 g/mol. The highest BCUT2D eigenvalue weighted by molar-refractivity contribution is 6.30. The summed E-state index contributed by atoms with van der Waals surface area (Å²) >= 11 is 6.07. The van der Waals surface area contributed by atoms with Crippen LogP contribution in [0.25, 0.3) is 0 Å². The number of aryl methyl sites for hydroxylation is 1. The Kier molecular flexibility index (Phi) is 4.26. The fourth-order valence-corrected chi connectivity index (χ4v) is 2.42. The van der Waals surface area contributed by atoms with Gasteiger partial charge in [0, 0.05) is 43.4 Å². The maximum atomic E-state index is 6.07. The first kappa shape index (κ1) is 12.7. The predicted octanol–water partition coefficient (Wildman–Crippen LogP) is 2.29. The highest BCUT2D eigenvalue weighted by Gasteiger charge is 2.17. The second-order valence-corrected chi connectivity index (χ2v) is 4.85. The highest BCUT2D eigenvalue weighted by Crippen LogP contribution is 2.24. The average molecular weight is 254 g/mol. The van der Waals surface area contributed by atoms with Gasteiger partial charge in [-0.3, -0.25) is 5.43 Å². The summed E-state index contributed by atoms with van der Waals surface area (Å²) in [5, 5.41) is 3.11. The summed E-state index contributed by atoms with van der Waals surface area (Å²) in [7, 11) is 0. The van der Waals surface area contributed by atoms with Crippen LogP contribution in [0.1, 0.15) is 12.5 Å². The lowest BCUT2D eigenvalue weighted by Gasteiger charge is -2.36. The number of anilines is 1. The maximum absolute atomic E-state index is 6.07. The van der Waals surface area contributed by atoms with E-state index >= 15 is 0 Å². The molecule has 0 amide bonds. The summed E-state index contributed by atoms with van der Waals surface area (Å²) in [5.74, 6) is 0. The standard InChI is InChI=1S/C13H20ClN3/c1-3-15-17-8-6-16(7-9-17)13-10-12(14)5-4-11(13)2/h4-5,10,15H,3,6-9H2,1-2H3. The first-order valence-electron chi connectivity index (χ1n) is 6.20.